The first-order chi connectivity index (χ1) is 36.2. The summed E-state index contributed by atoms with van der Waals surface area (Å²) in [6.45, 7) is 4.44. The molecule has 3 atom stereocenters. The molecule has 74 heavy (non-hydrogen) atoms. The fourth-order valence-electron chi connectivity index (χ4n) is 7.85. The molecule has 0 fully saturated rings. The molecular formula is C62H107O11P. The Kier molecular flexibility index (Phi) is 53.4. The Morgan fingerprint density at radius 1 is 0.392 bits per heavy atom. The van der Waals surface area contributed by atoms with Gasteiger partial charge < -0.3 is 24.2 Å². The average Bonchev–Trinajstić information content (AvgIpc) is 3.39. The molecule has 0 amide bonds. The van der Waals surface area contributed by atoms with E-state index < -0.39 is 57.8 Å². The molecular weight excluding hydrogens is 952 g/mol. The minimum absolute atomic E-state index is 0.0990. The molecule has 12 heteroatoms. The van der Waals surface area contributed by atoms with E-state index in [1.165, 1.54) is 103 Å². The summed E-state index contributed by atoms with van der Waals surface area (Å²) >= 11 is 0. The van der Waals surface area contributed by atoms with Gasteiger partial charge in [0.15, 0.2) is 6.10 Å². The van der Waals surface area contributed by atoms with E-state index in [4.69, 9.17) is 23.3 Å². The Balaban J connectivity index is 4.83. The highest BCUT2D eigenvalue weighted by molar-refractivity contribution is 7.47. The Morgan fingerprint density at radius 2 is 0.730 bits per heavy atom. The fourth-order valence-corrected chi connectivity index (χ4v) is 8.63. The van der Waals surface area contributed by atoms with Crippen molar-refractivity contribution in [3.63, 3.8) is 0 Å². The Labute approximate surface area is 451 Å². The maximum atomic E-state index is 12.9. The molecule has 2 N–H and O–H groups in total. The predicted octanol–water partition coefficient (Wildman–Crippen LogP) is 17.5. The van der Waals surface area contributed by atoms with E-state index in [1.807, 2.05) is 12.2 Å². The number of esters is 3. The van der Waals surface area contributed by atoms with E-state index in [0.29, 0.717) is 19.3 Å². The van der Waals surface area contributed by atoms with Gasteiger partial charge >= 0.3 is 25.7 Å². The molecule has 0 saturated carbocycles. The number of aliphatic hydroxyl groups is 1. The standard InChI is InChI=1S/C62H107O11P/c1-4-7-10-13-16-19-22-24-26-28-29-31-32-34-37-39-42-45-48-51-60(64)69-55-59(73-62(66)53-50-47-44-41-38-35-33-30-27-25-23-20-17-14-11-8-5-2)57-71-74(67,68)70-56-58(54-63)72-61(65)52-49-46-43-40-36-21-18-15-12-9-6-3/h7,10,16,19,24-27,29,31,34,37,42,45,58-59,63H,4-6,8-9,11-15,17-18,20-23,28,30,32-33,35-36,38-41,43-44,46-57H2,1-3H3,(H,67,68)/b10-7-,19-16-,26-24-,27-25-,31-29-,37-34-,45-42-. The summed E-state index contributed by atoms with van der Waals surface area (Å²) < 4.78 is 39.4. The van der Waals surface area contributed by atoms with Crippen molar-refractivity contribution in [2.75, 3.05) is 26.4 Å². The highest BCUT2D eigenvalue weighted by atomic mass is 31.2. The van der Waals surface area contributed by atoms with Gasteiger partial charge in [-0.1, -0.05) is 234 Å². The van der Waals surface area contributed by atoms with Crippen LogP contribution in [0.2, 0.25) is 0 Å². The number of unbranched alkanes of at least 4 members (excludes halogenated alkanes) is 23. The van der Waals surface area contributed by atoms with Crippen LogP contribution in [0.15, 0.2) is 85.1 Å². The van der Waals surface area contributed by atoms with Crippen LogP contribution in [0.25, 0.3) is 0 Å². The number of aliphatic hydroxyl groups excluding tert-OH is 1. The second-order valence-electron chi connectivity index (χ2n) is 19.4. The van der Waals surface area contributed by atoms with Crippen molar-refractivity contribution < 1.29 is 52.2 Å². The Morgan fingerprint density at radius 3 is 1.14 bits per heavy atom. The number of phosphoric ester groups is 1. The lowest BCUT2D eigenvalue weighted by atomic mass is 10.1. The molecule has 0 aliphatic carbocycles. The van der Waals surface area contributed by atoms with Gasteiger partial charge in [-0.05, 0) is 83.5 Å². The molecule has 426 valence electrons. The van der Waals surface area contributed by atoms with Crippen LogP contribution in [0, 0.1) is 0 Å². The molecule has 0 rings (SSSR count). The van der Waals surface area contributed by atoms with Crippen LogP contribution in [0.4, 0.5) is 0 Å². The van der Waals surface area contributed by atoms with Crippen molar-refractivity contribution in [2.24, 2.45) is 0 Å². The zero-order valence-electron chi connectivity index (χ0n) is 47.0. The van der Waals surface area contributed by atoms with Crippen LogP contribution in [0.3, 0.4) is 0 Å². The quantitative estimate of drug-likeness (QED) is 0.0197. The van der Waals surface area contributed by atoms with Crippen LogP contribution in [-0.2, 0) is 42.2 Å². The van der Waals surface area contributed by atoms with Crippen LogP contribution >= 0.6 is 7.82 Å². The molecule has 0 aromatic carbocycles. The zero-order chi connectivity index (χ0) is 54.1. The number of rotatable bonds is 54. The lowest BCUT2D eigenvalue weighted by Gasteiger charge is -2.21. The van der Waals surface area contributed by atoms with Crippen LogP contribution in [0.5, 0.6) is 0 Å². The molecule has 0 heterocycles. The number of hydrogen-bond acceptors (Lipinski definition) is 10. The van der Waals surface area contributed by atoms with Gasteiger partial charge in [-0.2, -0.15) is 0 Å². The largest absolute Gasteiger partial charge is 0.472 e. The van der Waals surface area contributed by atoms with Gasteiger partial charge in [0.2, 0.25) is 0 Å². The monoisotopic (exact) mass is 1060 g/mol. The number of allylic oxidation sites excluding steroid dienone is 14. The van der Waals surface area contributed by atoms with Gasteiger partial charge in [-0.15, -0.1) is 0 Å². The van der Waals surface area contributed by atoms with E-state index >= 15 is 0 Å². The third kappa shape index (κ3) is 53.5. The highest BCUT2D eigenvalue weighted by Crippen LogP contribution is 2.43. The van der Waals surface area contributed by atoms with Crippen molar-refractivity contribution in [2.45, 2.75) is 264 Å². The van der Waals surface area contributed by atoms with Crippen LogP contribution in [0.1, 0.15) is 252 Å². The van der Waals surface area contributed by atoms with E-state index in [0.717, 1.165) is 89.9 Å². The first kappa shape index (κ1) is 70.7. The van der Waals surface area contributed by atoms with Crippen molar-refractivity contribution in [1.29, 1.82) is 0 Å². The van der Waals surface area contributed by atoms with Crippen molar-refractivity contribution in [3.05, 3.63) is 85.1 Å². The zero-order valence-corrected chi connectivity index (χ0v) is 47.9. The van der Waals surface area contributed by atoms with Crippen molar-refractivity contribution in [3.8, 4) is 0 Å². The minimum atomic E-state index is -4.76. The number of phosphoric acid groups is 1. The summed E-state index contributed by atoms with van der Waals surface area (Å²) in [6, 6.07) is 0. The summed E-state index contributed by atoms with van der Waals surface area (Å²) in [5.41, 5.74) is 0. The van der Waals surface area contributed by atoms with Gasteiger partial charge in [0.1, 0.15) is 12.7 Å². The molecule has 0 aromatic heterocycles. The van der Waals surface area contributed by atoms with Crippen LogP contribution < -0.4 is 0 Å². The average molecular weight is 1060 g/mol. The molecule has 0 aliphatic rings. The molecule has 0 aromatic rings. The summed E-state index contributed by atoms with van der Waals surface area (Å²) in [6.07, 6.45) is 64.1. The van der Waals surface area contributed by atoms with Gasteiger partial charge in [0, 0.05) is 19.3 Å². The maximum absolute atomic E-state index is 12.9. The van der Waals surface area contributed by atoms with E-state index in [1.54, 1.807) is 0 Å². The minimum Gasteiger partial charge on any atom is -0.462 e. The summed E-state index contributed by atoms with van der Waals surface area (Å²) in [7, 11) is -4.76. The molecule has 0 bridgehead atoms. The maximum Gasteiger partial charge on any atom is 0.472 e. The van der Waals surface area contributed by atoms with E-state index in [2.05, 4.69) is 93.7 Å². The molecule has 11 nitrogen and oxygen atoms in total. The SMILES string of the molecule is CC/C=C\C/C=C\C/C=C\C/C=C\C/C=C\C/C=C\CCC(=O)OCC(COP(=O)(O)OCC(CO)OC(=O)CCCCCCCCCCCCC)OC(=O)CCCCCCCCC/C=C\CCCCCCCC. The smallest absolute Gasteiger partial charge is 0.462 e. The number of ether oxygens (including phenoxy) is 3. The van der Waals surface area contributed by atoms with E-state index in [-0.39, 0.29) is 25.9 Å². The molecule has 0 aliphatic heterocycles. The first-order valence-corrected chi connectivity index (χ1v) is 31.0. The summed E-state index contributed by atoms with van der Waals surface area (Å²) in [4.78, 5) is 48.5. The predicted molar refractivity (Wildman–Crippen MR) is 307 cm³/mol. The molecule has 0 spiro atoms. The molecule has 3 unspecified atom stereocenters. The van der Waals surface area contributed by atoms with Gasteiger partial charge in [0.25, 0.3) is 0 Å². The molecule has 0 saturated heterocycles. The van der Waals surface area contributed by atoms with Crippen molar-refractivity contribution >= 4 is 25.7 Å². The summed E-state index contributed by atoms with van der Waals surface area (Å²) in [5, 5.41) is 9.80. The van der Waals surface area contributed by atoms with Gasteiger partial charge in [-0.25, -0.2) is 4.57 Å². The first-order valence-electron chi connectivity index (χ1n) is 29.5. The third-order valence-corrected chi connectivity index (χ3v) is 13.3. The second kappa shape index (κ2) is 55.9. The van der Waals surface area contributed by atoms with Crippen LogP contribution in [-0.4, -0.2) is 66.5 Å². The highest BCUT2D eigenvalue weighted by Gasteiger charge is 2.28. The number of carbonyl (C=O) groups is 3. The number of carbonyl (C=O) groups excluding carboxylic acids is 3. The summed E-state index contributed by atoms with van der Waals surface area (Å²) in [5.74, 6) is -1.57. The van der Waals surface area contributed by atoms with Crippen molar-refractivity contribution in [1.82, 2.24) is 0 Å². The normalized spacial score (nSPS) is 14.0. The molecule has 0 radical (unpaired) electrons. The lowest BCUT2D eigenvalue weighted by molar-refractivity contribution is -0.161. The lowest BCUT2D eigenvalue weighted by Crippen LogP contribution is -2.30. The second-order valence-corrected chi connectivity index (χ2v) is 20.9. The topological polar surface area (TPSA) is 155 Å². The number of hydrogen-bond donors (Lipinski definition) is 2. The van der Waals surface area contributed by atoms with E-state index in [9.17, 15) is 28.9 Å². The third-order valence-electron chi connectivity index (χ3n) is 12.3. The fraction of sp³-hybridized carbons (Fsp3) is 0.726. The van der Waals surface area contributed by atoms with Gasteiger partial charge in [-0.3, -0.25) is 23.4 Å². The van der Waals surface area contributed by atoms with Gasteiger partial charge in [0.05, 0.1) is 19.8 Å². The Bertz CT molecular complexity index is 1560. The Hall–Kier alpha value is -3.34.